The molecule has 0 aliphatic carbocycles. The van der Waals surface area contributed by atoms with Crippen LogP contribution in [0.5, 0.6) is 0 Å². The molecule has 1 unspecified atom stereocenters. The molecule has 1 aliphatic rings. The molecular weight excluding hydrogens is 184 g/mol. The van der Waals surface area contributed by atoms with E-state index < -0.39 is 0 Å². The molecule has 0 saturated carbocycles. The molecule has 1 aliphatic heterocycles. The van der Waals surface area contributed by atoms with Gasteiger partial charge in [-0.3, -0.25) is 0 Å². The summed E-state index contributed by atoms with van der Waals surface area (Å²) in [7, 11) is 0. The average molecular weight is 200 g/mol. The summed E-state index contributed by atoms with van der Waals surface area (Å²) in [6, 6.07) is 10.9. The second kappa shape index (κ2) is 4.35. The second-order valence-corrected chi connectivity index (χ2v) is 4.17. The van der Waals surface area contributed by atoms with Gasteiger partial charge in [-0.1, -0.05) is 12.1 Å². The van der Waals surface area contributed by atoms with Crippen LogP contribution >= 0.6 is 0 Å². The molecule has 0 spiro atoms. The van der Waals surface area contributed by atoms with Crippen molar-refractivity contribution in [1.82, 2.24) is 0 Å². The van der Waals surface area contributed by atoms with Crippen LogP contribution in [0.1, 0.15) is 24.8 Å². The summed E-state index contributed by atoms with van der Waals surface area (Å²) >= 11 is 0. The SMILES string of the molecule is Cc1cccc(N2CCCCC2C#N)c1. The van der Waals surface area contributed by atoms with E-state index in [9.17, 15) is 0 Å². The monoisotopic (exact) mass is 200 g/mol. The van der Waals surface area contributed by atoms with Gasteiger partial charge < -0.3 is 4.90 Å². The Bertz CT molecular complexity index is 378. The third-order valence-electron chi connectivity index (χ3n) is 2.99. The van der Waals surface area contributed by atoms with E-state index in [4.69, 9.17) is 5.26 Å². The highest BCUT2D eigenvalue weighted by atomic mass is 15.2. The lowest BCUT2D eigenvalue weighted by molar-refractivity contribution is 0.521. The Labute approximate surface area is 91.1 Å². The Kier molecular flexibility index (Phi) is 2.91. The molecule has 1 aromatic rings. The van der Waals surface area contributed by atoms with Crippen LogP contribution in [0.15, 0.2) is 24.3 Å². The third-order valence-corrected chi connectivity index (χ3v) is 2.99. The molecule has 1 atom stereocenters. The highest BCUT2D eigenvalue weighted by Crippen LogP contribution is 2.24. The van der Waals surface area contributed by atoms with Gasteiger partial charge in [0.05, 0.1) is 6.07 Å². The largest absolute Gasteiger partial charge is 0.356 e. The van der Waals surface area contributed by atoms with Crippen LogP contribution in [0.2, 0.25) is 0 Å². The Morgan fingerprint density at radius 1 is 1.40 bits per heavy atom. The number of anilines is 1. The van der Waals surface area contributed by atoms with Crippen LogP contribution in [0.3, 0.4) is 0 Å². The van der Waals surface area contributed by atoms with Gasteiger partial charge in [0.15, 0.2) is 0 Å². The van der Waals surface area contributed by atoms with Gasteiger partial charge in [-0.05, 0) is 43.9 Å². The smallest absolute Gasteiger partial charge is 0.116 e. The van der Waals surface area contributed by atoms with Crippen LogP contribution in [-0.2, 0) is 0 Å². The topological polar surface area (TPSA) is 27.0 Å². The van der Waals surface area contributed by atoms with Crippen LogP contribution in [0, 0.1) is 18.3 Å². The quantitative estimate of drug-likeness (QED) is 0.697. The fourth-order valence-electron chi connectivity index (χ4n) is 2.18. The highest BCUT2D eigenvalue weighted by Gasteiger charge is 2.21. The molecule has 0 N–H and O–H groups in total. The Balaban J connectivity index is 2.25. The first-order valence-electron chi connectivity index (χ1n) is 5.54. The summed E-state index contributed by atoms with van der Waals surface area (Å²) in [5.74, 6) is 0. The minimum Gasteiger partial charge on any atom is -0.356 e. The van der Waals surface area contributed by atoms with Crippen molar-refractivity contribution in [1.29, 1.82) is 5.26 Å². The van der Waals surface area contributed by atoms with Crippen molar-refractivity contribution in [2.75, 3.05) is 11.4 Å². The third kappa shape index (κ3) is 2.12. The average Bonchev–Trinajstić information content (AvgIpc) is 2.29. The molecule has 78 valence electrons. The number of piperidine rings is 1. The number of benzene rings is 1. The van der Waals surface area contributed by atoms with E-state index in [-0.39, 0.29) is 6.04 Å². The maximum Gasteiger partial charge on any atom is 0.116 e. The standard InChI is InChI=1S/C13H16N2/c1-11-5-4-7-12(9-11)15-8-3-2-6-13(15)10-14/h4-5,7,9,13H,2-3,6,8H2,1H3. The summed E-state index contributed by atoms with van der Waals surface area (Å²) in [5, 5.41) is 9.10. The predicted octanol–water partition coefficient (Wildman–Crippen LogP) is 2.88. The zero-order valence-electron chi connectivity index (χ0n) is 9.11. The molecule has 2 heteroatoms. The van der Waals surface area contributed by atoms with Gasteiger partial charge in [0.1, 0.15) is 6.04 Å². The van der Waals surface area contributed by atoms with E-state index in [1.807, 2.05) is 0 Å². The normalized spacial score (nSPS) is 21.1. The number of nitrogens with zero attached hydrogens (tertiary/aromatic N) is 2. The Morgan fingerprint density at radius 2 is 2.27 bits per heavy atom. The summed E-state index contributed by atoms with van der Waals surface area (Å²) in [6.45, 7) is 3.11. The summed E-state index contributed by atoms with van der Waals surface area (Å²) in [4.78, 5) is 2.23. The molecule has 2 nitrogen and oxygen atoms in total. The first-order valence-corrected chi connectivity index (χ1v) is 5.54. The first kappa shape index (κ1) is 10.0. The number of nitriles is 1. The van der Waals surface area contributed by atoms with Crippen molar-refractivity contribution >= 4 is 5.69 Å². The minimum atomic E-state index is 0.0700. The van der Waals surface area contributed by atoms with E-state index in [2.05, 4.69) is 42.2 Å². The minimum absolute atomic E-state index is 0.0700. The second-order valence-electron chi connectivity index (χ2n) is 4.17. The van der Waals surface area contributed by atoms with E-state index in [1.165, 1.54) is 24.1 Å². The molecule has 0 radical (unpaired) electrons. The maximum absolute atomic E-state index is 9.10. The van der Waals surface area contributed by atoms with Gasteiger partial charge >= 0.3 is 0 Å². The lowest BCUT2D eigenvalue weighted by atomic mass is 10.0. The van der Waals surface area contributed by atoms with Crippen molar-refractivity contribution in [3.05, 3.63) is 29.8 Å². The van der Waals surface area contributed by atoms with Crippen LogP contribution in [-0.4, -0.2) is 12.6 Å². The molecule has 2 rings (SSSR count). The molecule has 1 fully saturated rings. The molecule has 1 saturated heterocycles. The molecule has 1 heterocycles. The van der Waals surface area contributed by atoms with Crippen molar-refractivity contribution in [3.63, 3.8) is 0 Å². The zero-order chi connectivity index (χ0) is 10.7. The number of hydrogen-bond acceptors (Lipinski definition) is 2. The molecule has 1 aromatic carbocycles. The molecule has 0 aromatic heterocycles. The number of aryl methyl sites for hydroxylation is 1. The van der Waals surface area contributed by atoms with Gasteiger partial charge in [-0.2, -0.15) is 5.26 Å². The highest BCUT2D eigenvalue weighted by molar-refractivity contribution is 5.50. The number of rotatable bonds is 1. The fourth-order valence-corrected chi connectivity index (χ4v) is 2.18. The molecule has 0 amide bonds. The van der Waals surface area contributed by atoms with E-state index in [0.29, 0.717) is 0 Å². The fraction of sp³-hybridized carbons (Fsp3) is 0.462. The van der Waals surface area contributed by atoms with Crippen LogP contribution < -0.4 is 4.90 Å². The van der Waals surface area contributed by atoms with Crippen LogP contribution in [0.25, 0.3) is 0 Å². The molecule has 0 bridgehead atoms. The van der Waals surface area contributed by atoms with Gasteiger partial charge in [-0.25, -0.2) is 0 Å². The van der Waals surface area contributed by atoms with Crippen molar-refractivity contribution in [2.45, 2.75) is 32.2 Å². The van der Waals surface area contributed by atoms with Crippen LogP contribution in [0.4, 0.5) is 5.69 Å². The summed E-state index contributed by atoms with van der Waals surface area (Å²) < 4.78 is 0. The Morgan fingerprint density at radius 3 is 3.00 bits per heavy atom. The lowest BCUT2D eigenvalue weighted by Gasteiger charge is -2.33. The van der Waals surface area contributed by atoms with Gasteiger partial charge in [0.2, 0.25) is 0 Å². The maximum atomic E-state index is 9.10. The zero-order valence-corrected chi connectivity index (χ0v) is 9.11. The van der Waals surface area contributed by atoms with E-state index in [1.54, 1.807) is 0 Å². The lowest BCUT2D eigenvalue weighted by Crippen LogP contribution is -2.38. The Hall–Kier alpha value is -1.49. The predicted molar refractivity (Wildman–Crippen MR) is 61.8 cm³/mol. The van der Waals surface area contributed by atoms with Gasteiger partial charge in [0, 0.05) is 12.2 Å². The summed E-state index contributed by atoms with van der Waals surface area (Å²) in [6.07, 6.45) is 3.39. The van der Waals surface area contributed by atoms with E-state index >= 15 is 0 Å². The van der Waals surface area contributed by atoms with Gasteiger partial charge in [-0.15, -0.1) is 0 Å². The van der Waals surface area contributed by atoms with Gasteiger partial charge in [0.25, 0.3) is 0 Å². The van der Waals surface area contributed by atoms with Crippen molar-refractivity contribution < 1.29 is 0 Å². The number of hydrogen-bond donors (Lipinski definition) is 0. The van der Waals surface area contributed by atoms with Crippen molar-refractivity contribution in [2.24, 2.45) is 0 Å². The molecular formula is C13H16N2. The first-order chi connectivity index (χ1) is 7.31. The molecule has 15 heavy (non-hydrogen) atoms. The van der Waals surface area contributed by atoms with E-state index in [0.717, 1.165) is 13.0 Å². The summed E-state index contributed by atoms with van der Waals surface area (Å²) in [5.41, 5.74) is 2.45. The van der Waals surface area contributed by atoms with Crippen molar-refractivity contribution in [3.8, 4) is 6.07 Å².